The number of fused-ring (bicyclic) bond motifs is 2. The van der Waals surface area contributed by atoms with Gasteiger partial charge in [-0.3, -0.25) is 9.20 Å². The molecule has 0 bridgehead atoms. The number of imidazole rings is 1. The van der Waals surface area contributed by atoms with Crippen LogP contribution in [0.3, 0.4) is 0 Å². The Morgan fingerprint density at radius 2 is 1.75 bits per heavy atom. The molecule has 180 valence electrons. The third-order valence-corrected chi connectivity index (χ3v) is 7.12. The Morgan fingerprint density at radius 1 is 0.972 bits per heavy atom. The number of amides is 1. The predicted octanol–water partition coefficient (Wildman–Crippen LogP) is 5.03. The minimum Gasteiger partial charge on any atom is -0.382 e. The number of para-hydroxylation sites is 1. The smallest absolute Gasteiger partial charge is 0.220 e. The number of benzene rings is 2. The van der Waals surface area contributed by atoms with Gasteiger partial charge in [-0.1, -0.05) is 30.3 Å². The highest BCUT2D eigenvalue weighted by Gasteiger charge is 2.29. The molecule has 1 amide bonds. The monoisotopic (exact) mass is 477 g/mol. The van der Waals surface area contributed by atoms with Crippen molar-refractivity contribution in [1.82, 2.24) is 19.4 Å². The predicted molar refractivity (Wildman–Crippen MR) is 142 cm³/mol. The normalized spacial score (nSPS) is 17.9. The molecule has 5 N–H and O–H groups in total. The van der Waals surface area contributed by atoms with Gasteiger partial charge < -0.3 is 16.8 Å². The van der Waals surface area contributed by atoms with Crippen LogP contribution in [0, 0.1) is 5.92 Å². The molecule has 3 aromatic heterocycles. The van der Waals surface area contributed by atoms with Crippen LogP contribution in [-0.4, -0.2) is 25.3 Å². The highest BCUT2D eigenvalue weighted by molar-refractivity contribution is 5.91. The lowest BCUT2D eigenvalue weighted by molar-refractivity contribution is -0.122. The van der Waals surface area contributed by atoms with E-state index in [0.717, 1.165) is 70.7 Å². The number of anilines is 3. The molecule has 0 saturated heterocycles. The highest BCUT2D eigenvalue weighted by atomic mass is 16.1. The number of hydrogen-bond donors (Lipinski definition) is 3. The van der Waals surface area contributed by atoms with Crippen molar-refractivity contribution < 1.29 is 4.79 Å². The summed E-state index contributed by atoms with van der Waals surface area (Å²) in [6, 6.07) is 20.2. The first-order valence-corrected chi connectivity index (χ1v) is 12.2. The van der Waals surface area contributed by atoms with Crippen LogP contribution in [0.1, 0.15) is 37.4 Å². The molecule has 8 heteroatoms. The molecule has 8 nitrogen and oxygen atoms in total. The van der Waals surface area contributed by atoms with Gasteiger partial charge in [-0.25, -0.2) is 15.0 Å². The number of primary amides is 1. The molecule has 0 aliphatic heterocycles. The van der Waals surface area contributed by atoms with Crippen LogP contribution in [0.2, 0.25) is 0 Å². The molecule has 2 aromatic carbocycles. The minimum absolute atomic E-state index is 0.0519. The molecule has 36 heavy (non-hydrogen) atoms. The Labute approximate surface area is 208 Å². The lowest BCUT2D eigenvalue weighted by atomic mass is 9.81. The zero-order chi connectivity index (χ0) is 24.6. The van der Waals surface area contributed by atoms with Crippen LogP contribution >= 0.6 is 0 Å². The molecular weight excluding hydrogens is 450 g/mol. The number of nitrogen functional groups attached to an aromatic ring is 1. The quantitative estimate of drug-likeness (QED) is 0.326. The Balaban J connectivity index is 1.40. The summed E-state index contributed by atoms with van der Waals surface area (Å²) < 4.78 is 2.05. The fourth-order valence-electron chi connectivity index (χ4n) is 5.22. The molecule has 5 aromatic rings. The van der Waals surface area contributed by atoms with Gasteiger partial charge in [0.1, 0.15) is 28.7 Å². The fourth-order valence-corrected chi connectivity index (χ4v) is 5.22. The van der Waals surface area contributed by atoms with Crippen LogP contribution in [0.25, 0.3) is 27.7 Å². The number of hydrogen-bond acceptors (Lipinski definition) is 6. The van der Waals surface area contributed by atoms with Crippen molar-refractivity contribution in [2.75, 3.05) is 11.1 Å². The summed E-state index contributed by atoms with van der Waals surface area (Å²) in [6.45, 7) is 0. The van der Waals surface area contributed by atoms with Crippen LogP contribution in [-0.2, 0) is 4.79 Å². The van der Waals surface area contributed by atoms with E-state index in [9.17, 15) is 4.79 Å². The van der Waals surface area contributed by atoms with Crippen LogP contribution in [0.4, 0.5) is 17.3 Å². The number of nitrogens with zero attached hydrogens (tertiary/aromatic N) is 4. The third-order valence-electron chi connectivity index (χ3n) is 7.12. The summed E-state index contributed by atoms with van der Waals surface area (Å²) in [7, 11) is 0. The first kappa shape index (κ1) is 22.0. The molecule has 1 saturated carbocycles. The molecule has 0 spiro atoms. The largest absolute Gasteiger partial charge is 0.382 e. The molecule has 0 radical (unpaired) electrons. The van der Waals surface area contributed by atoms with Gasteiger partial charge in [-0.2, -0.15) is 0 Å². The molecule has 1 fully saturated rings. The van der Waals surface area contributed by atoms with Crippen molar-refractivity contribution in [2.45, 2.75) is 31.6 Å². The minimum atomic E-state index is -0.208. The maximum atomic E-state index is 11.6. The summed E-state index contributed by atoms with van der Waals surface area (Å²) in [6.07, 6.45) is 6.91. The van der Waals surface area contributed by atoms with Crippen LogP contribution < -0.4 is 16.8 Å². The average Bonchev–Trinajstić information content (AvgIpc) is 3.30. The van der Waals surface area contributed by atoms with E-state index in [4.69, 9.17) is 21.4 Å². The molecule has 0 unspecified atom stereocenters. The second kappa shape index (κ2) is 8.96. The van der Waals surface area contributed by atoms with Gasteiger partial charge >= 0.3 is 0 Å². The first-order chi connectivity index (χ1) is 17.6. The van der Waals surface area contributed by atoms with E-state index in [1.165, 1.54) is 0 Å². The number of carbonyl (C=O) groups is 1. The van der Waals surface area contributed by atoms with Crippen molar-refractivity contribution in [2.24, 2.45) is 11.7 Å². The topological polar surface area (TPSA) is 124 Å². The number of nitrogens with two attached hydrogens (primary N) is 2. The summed E-state index contributed by atoms with van der Waals surface area (Å²) >= 11 is 0. The van der Waals surface area contributed by atoms with Crippen molar-refractivity contribution in [3.63, 3.8) is 0 Å². The number of rotatable bonds is 5. The van der Waals surface area contributed by atoms with E-state index in [-0.39, 0.29) is 17.7 Å². The van der Waals surface area contributed by atoms with Gasteiger partial charge in [0.25, 0.3) is 0 Å². The van der Waals surface area contributed by atoms with Crippen molar-refractivity contribution >= 4 is 39.6 Å². The van der Waals surface area contributed by atoms with E-state index in [2.05, 4.69) is 32.9 Å². The average molecular weight is 478 g/mol. The number of pyridine rings is 1. The van der Waals surface area contributed by atoms with E-state index in [1.807, 2.05) is 48.7 Å². The molecule has 3 heterocycles. The highest BCUT2D eigenvalue weighted by Crippen LogP contribution is 2.39. The van der Waals surface area contributed by atoms with E-state index < -0.39 is 0 Å². The zero-order valence-electron chi connectivity index (χ0n) is 19.8. The SMILES string of the molecule is NC(=O)C1CCC(c2nc(-c3ccc4ccc(Nc5ccccc5)nc4c3)c3c(N)nccn23)CC1. The molecule has 0 atom stereocenters. The molecular formula is C28H27N7O. The number of aromatic nitrogens is 4. The van der Waals surface area contributed by atoms with Gasteiger partial charge in [0.05, 0.1) is 5.52 Å². The van der Waals surface area contributed by atoms with Gasteiger partial charge in [-0.15, -0.1) is 0 Å². The first-order valence-electron chi connectivity index (χ1n) is 12.2. The Hall–Kier alpha value is -4.46. The van der Waals surface area contributed by atoms with Gasteiger partial charge in [0, 0.05) is 40.9 Å². The van der Waals surface area contributed by atoms with E-state index >= 15 is 0 Å². The van der Waals surface area contributed by atoms with Gasteiger partial charge in [0.15, 0.2) is 0 Å². The second-order valence-corrected chi connectivity index (χ2v) is 9.40. The summed E-state index contributed by atoms with van der Waals surface area (Å²) in [4.78, 5) is 25.9. The standard InChI is InChI=1S/C28H27N7O/c29-26-25-24(34-28(35(25)15-14-31-26)19-9-7-18(8-10-19)27(30)36)20-11-6-17-12-13-23(33-22(17)16-20)32-21-4-2-1-3-5-21/h1-6,11-16,18-19H,7-10H2,(H2,29,31)(H2,30,36)(H,32,33). The van der Waals surface area contributed by atoms with Crippen molar-refractivity contribution in [3.05, 3.63) is 78.9 Å². The maximum Gasteiger partial charge on any atom is 0.220 e. The number of nitrogens with one attached hydrogen (secondary N) is 1. The van der Waals surface area contributed by atoms with Crippen molar-refractivity contribution in [3.8, 4) is 11.3 Å². The van der Waals surface area contributed by atoms with E-state index in [0.29, 0.717) is 5.82 Å². The maximum absolute atomic E-state index is 11.6. The van der Waals surface area contributed by atoms with Crippen LogP contribution in [0.5, 0.6) is 0 Å². The third kappa shape index (κ3) is 4.00. The summed E-state index contributed by atoms with van der Waals surface area (Å²) in [5, 5.41) is 4.40. The van der Waals surface area contributed by atoms with Crippen LogP contribution in [0.15, 0.2) is 73.1 Å². The summed E-state index contributed by atoms with van der Waals surface area (Å²) in [5.41, 5.74) is 16.3. The lowest BCUT2D eigenvalue weighted by Crippen LogP contribution is -2.27. The molecule has 1 aliphatic carbocycles. The second-order valence-electron chi connectivity index (χ2n) is 9.40. The fraction of sp³-hybridized carbons (Fsp3) is 0.214. The summed E-state index contributed by atoms with van der Waals surface area (Å²) in [5.74, 6) is 2.12. The lowest BCUT2D eigenvalue weighted by Gasteiger charge is -2.25. The zero-order valence-corrected chi connectivity index (χ0v) is 19.8. The molecule has 6 rings (SSSR count). The Morgan fingerprint density at radius 3 is 2.53 bits per heavy atom. The molecule has 1 aliphatic rings. The Bertz CT molecular complexity index is 1570. The van der Waals surface area contributed by atoms with E-state index in [1.54, 1.807) is 6.20 Å². The Kier molecular flexibility index (Phi) is 5.48. The number of carbonyl (C=O) groups excluding carboxylic acids is 1. The van der Waals surface area contributed by atoms with Crippen molar-refractivity contribution in [1.29, 1.82) is 0 Å². The van der Waals surface area contributed by atoms with Gasteiger partial charge in [-0.05, 0) is 56.0 Å². The van der Waals surface area contributed by atoms with Gasteiger partial charge in [0.2, 0.25) is 5.91 Å².